The highest BCUT2D eigenvalue weighted by atomic mass is 16.7. The number of ether oxygens (including phenoxy) is 3. The fraction of sp³-hybridized carbons (Fsp3) is 0.846. The molecule has 0 radical (unpaired) electrons. The van der Waals surface area contributed by atoms with Gasteiger partial charge in [0, 0.05) is 12.8 Å². The summed E-state index contributed by atoms with van der Waals surface area (Å²) in [5, 5.41) is 24.4. The molecule has 3 N–H and O–H groups in total. The third kappa shape index (κ3) is 5.12. The Kier molecular flexibility index (Phi) is 7.56. The molecule has 8 heteroatoms. The molecule has 4 fully saturated rings. The van der Waals surface area contributed by atoms with Gasteiger partial charge in [-0.15, -0.1) is 0 Å². The Morgan fingerprint density at radius 3 is 2.41 bits per heavy atom. The van der Waals surface area contributed by atoms with Crippen molar-refractivity contribution in [3.63, 3.8) is 0 Å². The zero-order valence-corrected chi connectivity index (χ0v) is 20.9. The second kappa shape index (κ2) is 9.97. The van der Waals surface area contributed by atoms with Gasteiger partial charge in [-0.2, -0.15) is 0 Å². The fourth-order valence-electron chi connectivity index (χ4n) is 6.17. The highest BCUT2D eigenvalue weighted by Crippen LogP contribution is 2.62. The van der Waals surface area contributed by atoms with Crippen LogP contribution in [0.5, 0.6) is 0 Å². The number of hydrogen-bond donors (Lipinski definition) is 3. The lowest BCUT2D eigenvalue weighted by Crippen LogP contribution is -2.57. The summed E-state index contributed by atoms with van der Waals surface area (Å²) < 4.78 is 17.4. The van der Waals surface area contributed by atoms with Crippen molar-refractivity contribution in [2.45, 2.75) is 127 Å². The van der Waals surface area contributed by atoms with E-state index in [-0.39, 0.29) is 18.1 Å². The molecule has 3 heterocycles. The molecule has 34 heavy (non-hydrogen) atoms. The maximum Gasteiger partial charge on any atom is 0.244 e. The van der Waals surface area contributed by atoms with E-state index in [9.17, 15) is 19.8 Å². The number of allylic oxidation sites excluding steroid dienone is 1. The Morgan fingerprint density at radius 1 is 1.12 bits per heavy atom. The Hall–Kier alpha value is -1.32. The number of hydrogen-bond acceptors (Lipinski definition) is 7. The minimum absolute atomic E-state index is 0.0333. The predicted molar refractivity (Wildman–Crippen MR) is 125 cm³/mol. The third-order valence-electron chi connectivity index (χ3n) is 7.92. The molecule has 0 aromatic heterocycles. The van der Waals surface area contributed by atoms with Gasteiger partial charge >= 0.3 is 0 Å². The largest absolute Gasteiger partial charge is 0.384 e. The Bertz CT molecular complexity index is 780. The van der Waals surface area contributed by atoms with E-state index in [0.717, 1.165) is 6.42 Å². The number of fused-ring (bicyclic) bond motifs is 4. The number of unbranched alkanes of at least 4 members (excludes halogenated alkanes) is 3. The molecule has 1 saturated carbocycles. The van der Waals surface area contributed by atoms with Crippen molar-refractivity contribution in [3.05, 3.63) is 12.2 Å². The summed E-state index contributed by atoms with van der Waals surface area (Å²) in [5.41, 5.74) is -2.27. The van der Waals surface area contributed by atoms with Gasteiger partial charge in [-0.25, -0.2) is 0 Å². The highest BCUT2D eigenvalue weighted by molar-refractivity contribution is 5.87. The van der Waals surface area contributed by atoms with E-state index >= 15 is 0 Å². The summed E-state index contributed by atoms with van der Waals surface area (Å²) in [4.78, 5) is 24.2. The number of rotatable bonds is 12. The molecule has 1 aliphatic carbocycles. The van der Waals surface area contributed by atoms with Crippen molar-refractivity contribution in [2.75, 3.05) is 0 Å². The first-order chi connectivity index (χ1) is 16.1. The average molecular weight is 480 g/mol. The molecule has 1 amide bonds. The van der Waals surface area contributed by atoms with Crippen molar-refractivity contribution >= 4 is 11.7 Å². The third-order valence-corrected chi connectivity index (χ3v) is 7.92. The maximum absolute atomic E-state index is 12.6. The monoisotopic (exact) mass is 479 g/mol. The van der Waals surface area contributed by atoms with Crippen LogP contribution < -0.4 is 5.32 Å². The SMILES string of the molecule is CCCCCC[C@@H](C)C[C@@H](C)/C=C/C(=O)N[C@H]1CC2(OC1O)[C@@H]1O[C@@H]1C(O)(CC(C)=O)[C@@H]1O[C@@H]12. The number of carbonyl (C=O) groups excluding carboxylic acids is 2. The molecule has 3 saturated heterocycles. The summed E-state index contributed by atoms with van der Waals surface area (Å²) in [5.74, 6) is 0.515. The number of amides is 1. The van der Waals surface area contributed by atoms with E-state index in [4.69, 9.17) is 14.2 Å². The van der Waals surface area contributed by atoms with Crippen LogP contribution >= 0.6 is 0 Å². The molecule has 0 aromatic carbocycles. The summed E-state index contributed by atoms with van der Waals surface area (Å²) in [6.07, 6.45) is 7.87. The second-order valence-corrected chi connectivity index (χ2v) is 11.1. The van der Waals surface area contributed by atoms with Crippen molar-refractivity contribution in [2.24, 2.45) is 11.8 Å². The van der Waals surface area contributed by atoms with Gasteiger partial charge in [-0.3, -0.25) is 9.59 Å². The number of Topliss-reactive ketones (excluding diaryl/α,β-unsaturated/α-hetero) is 1. The summed E-state index contributed by atoms with van der Waals surface area (Å²) in [7, 11) is 0. The topological polar surface area (TPSA) is 121 Å². The molecule has 4 rings (SSSR count). The number of aliphatic hydroxyl groups is 2. The Labute approximate surface area is 202 Å². The normalized spacial score (nSPS) is 41.7. The molecule has 0 bridgehead atoms. The zero-order valence-electron chi connectivity index (χ0n) is 20.9. The van der Waals surface area contributed by atoms with E-state index in [1.807, 2.05) is 6.08 Å². The van der Waals surface area contributed by atoms with Crippen LogP contribution in [-0.4, -0.2) is 69.9 Å². The predicted octanol–water partition coefficient (Wildman–Crippen LogP) is 2.40. The van der Waals surface area contributed by atoms with Gasteiger partial charge in [0.25, 0.3) is 0 Å². The van der Waals surface area contributed by atoms with E-state index in [2.05, 4.69) is 26.1 Å². The van der Waals surface area contributed by atoms with Gasteiger partial charge in [0.2, 0.25) is 5.91 Å². The molecule has 10 atom stereocenters. The second-order valence-electron chi connectivity index (χ2n) is 11.1. The fourth-order valence-corrected chi connectivity index (χ4v) is 6.17. The Balaban J connectivity index is 1.26. The summed E-state index contributed by atoms with van der Waals surface area (Å²) in [6.45, 7) is 8.04. The van der Waals surface area contributed by atoms with Gasteiger partial charge in [-0.05, 0) is 31.3 Å². The zero-order chi connectivity index (χ0) is 24.7. The van der Waals surface area contributed by atoms with Crippen molar-refractivity contribution < 1.29 is 34.0 Å². The lowest BCUT2D eigenvalue weighted by Gasteiger charge is -2.33. The van der Waals surface area contributed by atoms with Gasteiger partial charge in [0.1, 0.15) is 41.4 Å². The van der Waals surface area contributed by atoms with Crippen LogP contribution in [0.2, 0.25) is 0 Å². The minimum Gasteiger partial charge on any atom is -0.384 e. The van der Waals surface area contributed by atoms with E-state index < -0.39 is 47.9 Å². The lowest BCUT2D eigenvalue weighted by molar-refractivity contribution is -0.161. The Morgan fingerprint density at radius 2 is 1.79 bits per heavy atom. The van der Waals surface area contributed by atoms with Crippen molar-refractivity contribution in [1.82, 2.24) is 5.32 Å². The molecule has 192 valence electrons. The molecule has 4 aliphatic rings. The van der Waals surface area contributed by atoms with E-state index in [1.54, 1.807) is 6.08 Å². The molecule has 8 nitrogen and oxygen atoms in total. The van der Waals surface area contributed by atoms with Crippen LogP contribution in [0.4, 0.5) is 0 Å². The van der Waals surface area contributed by atoms with E-state index in [1.165, 1.54) is 39.0 Å². The number of carbonyl (C=O) groups is 2. The van der Waals surface area contributed by atoms with Crippen LogP contribution in [0, 0.1) is 11.8 Å². The highest BCUT2D eigenvalue weighted by Gasteiger charge is 2.83. The smallest absolute Gasteiger partial charge is 0.244 e. The first-order valence-corrected chi connectivity index (χ1v) is 13.0. The quantitative estimate of drug-likeness (QED) is 0.223. The van der Waals surface area contributed by atoms with Crippen LogP contribution in [0.25, 0.3) is 0 Å². The van der Waals surface area contributed by atoms with E-state index in [0.29, 0.717) is 18.3 Å². The average Bonchev–Trinajstić information content (AvgIpc) is 3.66. The molecule has 3 unspecified atom stereocenters. The van der Waals surface area contributed by atoms with Gasteiger partial charge < -0.3 is 29.7 Å². The molecule has 3 aliphatic heterocycles. The van der Waals surface area contributed by atoms with Gasteiger partial charge in [0.15, 0.2) is 6.29 Å². The van der Waals surface area contributed by atoms with Crippen molar-refractivity contribution in [1.29, 1.82) is 0 Å². The molecular weight excluding hydrogens is 438 g/mol. The molecule has 0 aromatic rings. The number of epoxide rings is 2. The molecule has 1 spiro atoms. The van der Waals surface area contributed by atoms with Crippen molar-refractivity contribution in [3.8, 4) is 0 Å². The number of nitrogens with one attached hydrogen (secondary N) is 1. The minimum atomic E-state index is -1.35. The number of ketones is 1. The molecular formula is C26H41NO7. The van der Waals surface area contributed by atoms with Crippen LogP contribution in [-0.2, 0) is 23.8 Å². The maximum atomic E-state index is 12.6. The summed E-state index contributed by atoms with van der Waals surface area (Å²) >= 11 is 0. The number of aliphatic hydroxyl groups excluding tert-OH is 1. The standard InChI is InChI=1S/C26H41NO7/c1-5-6-7-8-9-15(2)12-16(3)10-11-19(29)27-18-14-26(34-24(18)30)22-20(32-22)25(31,13-17(4)28)21-23(26)33-21/h10-11,15-16,18,20-24,30-31H,5-9,12-14H2,1-4H3,(H,27,29)/b11-10+/t15-,16+,18+,20-,21+,22+,23-,24?,25?,26?/m1/s1. The van der Waals surface area contributed by atoms with Crippen LogP contribution in [0.1, 0.15) is 79.1 Å². The van der Waals surface area contributed by atoms with Crippen LogP contribution in [0.15, 0.2) is 12.2 Å². The van der Waals surface area contributed by atoms with Gasteiger partial charge in [0.05, 0.1) is 6.04 Å². The summed E-state index contributed by atoms with van der Waals surface area (Å²) in [6, 6.07) is -0.598. The first kappa shape index (κ1) is 25.8. The lowest BCUT2D eigenvalue weighted by atomic mass is 9.72. The van der Waals surface area contributed by atoms with Crippen LogP contribution in [0.3, 0.4) is 0 Å². The van der Waals surface area contributed by atoms with Gasteiger partial charge in [-0.1, -0.05) is 59.0 Å². The first-order valence-electron chi connectivity index (χ1n) is 13.0.